The van der Waals surface area contributed by atoms with Gasteiger partial charge >= 0.3 is 0 Å². The second kappa shape index (κ2) is 7.60. The van der Waals surface area contributed by atoms with Crippen LogP contribution in [0.4, 0.5) is 4.39 Å². The predicted octanol–water partition coefficient (Wildman–Crippen LogP) is 3.48. The second-order valence-corrected chi connectivity index (χ2v) is 5.29. The molecular formula is C14H19BrFNO2. The number of hydrogen-bond acceptors (Lipinski definition) is 2. The monoisotopic (exact) mass is 331 g/mol. The number of nitrogens with zero attached hydrogens (tertiary/aromatic N) is 1. The Morgan fingerprint density at radius 1 is 1.53 bits per heavy atom. The van der Waals surface area contributed by atoms with Crippen LogP contribution in [0.5, 0.6) is 0 Å². The molecule has 1 atom stereocenters. The summed E-state index contributed by atoms with van der Waals surface area (Å²) in [6.45, 7) is 4.83. The molecule has 0 aliphatic rings. The molecule has 0 N–H and O–H groups in total. The van der Waals surface area contributed by atoms with Crippen molar-refractivity contribution >= 4 is 21.8 Å². The highest BCUT2D eigenvalue weighted by molar-refractivity contribution is 9.10. The number of benzene rings is 1. The number of carbonyl (C=O) groups excluding carboxylic acids is 1. The quantitative estimate of drug-likeness (QED) is 0.798. The third-order valence-electron chi connectivity index (χ3n) is 3.08. The first-order valence-electron chi connectivity index (χ1n) is 6.26. The molecule has 0 bridgehead atoms. The molecule has 0 saturated heterocycles. The van der Waals surface area contributed by atoms with E-state index in [1.54, 1.807) is 18.1 Å². The number of methoxy groups -OCH3 is 1. The minimum absolute atomic E-state index is 0.0426. The van der Waals surface area contributed by atoms with Crippen molar-refractivity contribution < 1.29 is 13.9 Å². The summed E-state index contributed by atoms with van der Waals surface area (Å²) in [4.78, 5) is 14.1. The summed E-state index contributed by atoms with van der Waals surface area (Å²) in [5, 5.41) is 0. The van der Waals surface area contributed by atoms with Crippen molar-refractivity contribution in [1.29, 1.82) is 0 Å². The molecule has 106 valence electrons. The predicted molar refractivity (Wildman–Crippen MR) is 76.8 cm³/mol. The van der Waals surface area contributed by atoms with Crippen LogP contribution in [0.1, 0.15) is 30.6 Å². The van der Waals surface area contributed by atoms with E-state index in [-0.39, 0.29) is 17.5 Å². The number of carbonyl (C=O) groups is 1. The number of hydrogen-bond donors (Lipinski definition) is 0. The Labute approximate surface area is 121 Å². The highest BCUT2D eigenvalue weighted by Gasteiger charge is 2.22. The molecule has 0 spiro atoms. The molecule has 5 heteroatoms. The van der Waals surface area contributed by atoms with Crippen LogP contribution < -0.4 is 0 Å². The summed E-state index contributed by atoms with van der Waals surface area (Å²) >= 11 is 3.26. The van der Waals surface area contributed by atoms with Gasteiger partial charge in [-0.2, -0.15) is 0 Å². The first-order valence-corrected chi connectivity index (χ1v) is 7.05. The molecule has 1 aromatic rings. The Morgan fingerprint density at radius 3 is 2.79 bits per heavy atom. The van der Waals surface area contributed by atoms with E-state index in [0.29, 0.717) is 17.6 Å². The SMILES string of the molecule is CCC(C)N(CCOC)C(=O)c1cc(Br)ccc1F. The van der Waals surface area contributed by atoms with E-state index in [4.69, 9.17) is 4.74 Å². The van der Waals surface area contributed by atoms with Gasteiger partial charge in [-0.1, -0.05) is 22.9 Å². The Morgan fingerprint density at radius 2 is 2.21 bits per heavy atom. The fourth-order valence-corrected chi connectivity index (χ4v) is 2.11. The van der Waals surface area contributed by atoms with E-state index >= 15 is 0 Å². The van der Waals surface area contributed by atoms with Gasteiger partial charge < -0.3 is 9.64 Å². The van der Waals surface area contributed by atoms with Crippen LogP contribution in [0, 0.1) is 5.82 Å². The van der Waals surface area contributed by atoms with Crippen molar-refractivity contribution in [2.75, 3.05) is 20.3 Å². The lowest BCUT2D eigenvalue weighted by atomic mass is 10.1. The maximum absolute atomic E-state index is 13.8. The van der Waals surface area contributed by atoms with Gasteiger partial charge in [0, 0.05) is 24.2 Å². The number of rotatable bonds is 6. The first-order chi connectivity index (χ1) is 9.01. The Balaban J connectivity index is 3.00. The van der Waals surface area contributed by atoms with Gasteiger partial charge in [0.25, 0.3) is 5.91 Å². The van der Waals surface area contributed by atoms with Crippen LogP contribution in [0.2, 0.25) is 0 Å². The van der Waals surface area contributed by atoms with Gasteiger partial charge in [-0.05, 0) is 31.5 Å². The van der Waals surface area contributed by atoms with Crippen molar-refractivity contribution in [3.8, 4) is 0 Å². The molecule has 1 aromatic carbocycles. The van der Waals surface area contributed by atoms with Gasteiger partial charge in [0.15, 0.2) is 0 Å². The average Bonchev–Trinajstić information content (AvgIpc) is 2.41. The van der Waals surface area contributed by atoms with Crippen molar-refractivity contribution in [2.24, 2.45) is 0 Å². The van der Waals surface area contributed by atoms with E-state index in [1.807, 2.05) is 13.8 Å². The zero-order valence-electron chi connectivity index (χ0n) is 11.5. The molecule has 1 rings (SSSR count). The van der Waals surface area contributed by atoms with Crippen molar-refractivity contribution in [3.05, 3.63) is 34.1 Å². The van der Waals surface area contributed by atoms with Crippen LogP contribution >= 0.6 is 15.9 Å². The summed E-state index contributed by atoms with van der Waals surface area (Å²) in [7, 11) is 1.58. The van der Waals surface area contributed by atoms with Crippen LogP contribution in [-0.2, 0) is 4.74 Å². The molecule has 3 nitrogen and oxygen atoms in total. The van der Waals surface area contributed by atoms with Gasteiger partial charge in [-0.15, -0.1) is 0 Å². The van der Waals surface area contributed by atoms with E-state index in [0.717, 1.165) is 6.42 Å². The maximum atomic E-state index is 13.8. The van der Waals surface area contributed by atoms with Crippen LogP contribution in [0.15, 0.2) is 22.7 Å². The molecule has 0 aliphatic heterocycles. The number of amides is 1. The Hall–Kier alpha value is -0.940. The molecule has 0 heterocycles. The van der Waals surface area contributed by atoms with Gasteiger partial charge in [-0.3, -0.25) is 4.79 Å². The Bertz CT molecular complexity index is 439. The molecule has 0 aliphatic carbocycles. The second-order valence-electron chi connectivity index (χ2n) is 4.37. The summed E-state index contributed by atoms with van der Waals surface area (Å²) < 4.78 is 19.5. The highest BCUT2D eigenvalue weighted by Crippen LogP contribution is 2.19. The molecule has 19 heavy (non-hydrogen) atoms. The maximum Gasteiger partial charge on any atom is 0.257 e. The lowest BCUT2D eigenvalue weighted by molar-refractivity contribution is 0.0609. The third kappa shape index (κ3) is 4.28. The molecule has 0 aromatic heterocycles. The molecule has 0 radical (unpaired) electrons. The molecule has 1 amide bonds. The Kier molecular flexibility index (Phi) is 6.45. The van der Waals surface area contributed by atoms with Crippen LogP contribution in [-0.4, -0.2) is 37.1 Å². The van der Waals surface area contributed by atoms with Gasteiger partial charge in [0.1, 0.15) is 5.82 Å². The molecule has 0 saturated carbocycles. The van der Waals surface area contributed by atoms with Gasteiger partial charge in [0.2, 0.25) is 0 Å². The largest absolute Gasteiger partial charge is 0.383 e. The standard InChI is InChI=1S/C14H19BrFNO2/c1-4-10(2)17(7-8-19-3)14(18)12-9-11(15)5-6-13(12)16/h5-6,9-10H,4,7-8H2,1-3H3. The van der Waals surface area contributed by atoms with Gasteiger partial charge in [-0.25, -0.2) is 4.39 Å². The van der Waals surface area contributed by atoms with Gasteiger partial charge in [0.05, 0.1) is 12.2 Å². The number of ether oxygens (including phenoxy) is 1. The first kappa shape index (κ1) is 16.1. The van der Waals surface area contributed by atoms with Crippen molar-refractivity contribution in [2.45, 2.75) is 26.3 Å². The summed E-state index contributed by atoms with van der Waals surface area (Å²) in [6.07, 6.45) is 0.811. The van der Waals surface area contributed by atoms with E-state index in [2.05, 4.69) is 15.9 Å². The zero-order valence-corrected chi connectivity index (χ0v) is 13.0. The fourth-order valence-electron chi connectivity index (χ4n) is 1.75. The van der Waals surface area contributed by atoms with E-state index < -0.39 is 5.82 Å². The summed E-state index contributed by atoms with van der Waals surface area (Å²) in [5.74, 6) is -0.802. The zero-order chi connectivity index (χ0) is 14.4. The number of halogens is 2. The summed E-state index contributed by atoms with van der Waals surface area (Å²) in [6, 6.07) is 4.43. The van der Waals surface area contributed by atoms with Crippen molar-refractivity contribution in [3.63, 3.8) is 0 Å². The van der Waals surface area contributed by atoms with Crippen molar-refractivity contribution in [1.82, 2.24) is 4.90 Å². The highest BCUT2D eigenvalue weighted by atomic mass is 79.9. The minimum atomic E-state index is -0.501. The van der Waals surface area contributed by atoms with Crippen LogP contribution in [0.3, 0.4) is 0 Å². The molecule has 0 fully saturated rings. The lowest BCUT2D eigenvalue weighted by Crippen LogP contribution is -2.40. The topological polar surface area (TPSA) is 29.5 Å². The van der Waals surface area contributed by atoms with E-state index in [1.165, 1.54) is 12.1 Å². The lowest BCUT2D eigenvalue weighted by Gasteiger charge is -2.28. The van der Waals surface area contributed by atoms with E-state index in [9.17, 15) is 9.18 Å². The fraction of sp³-hybridized carbons (Fsp3) is 0.500. The van der Waals surface area contributed by atoms with Crippen LogP contribution in [0.25, 0.3) is 0 Å². The summed E-state index contributed by atoms with van der Waals surface area (Å²) in [5.41, 5.74) is 0.0887. The molecule has 1 unspecified atom stereocenters. The normalized spacial score (nSPS) is 12.3. The minimum Gasteiger partial charge on any atom is -0.383 e. The smallest absolute Gasteiger partial charge is 0.257 e. The molecular weight excluding hydrogens is 313 g/mol. The average molecular weight is 332 g/mol. The third-order valence-corrected chi connectivity index (χ3v) is 3.57.